The fourth-order valence-corrected chi connectivity index (χ4v) is 3.55. The highest BCUT2D eigenvalue weighted by Crippen LogP contribution is 2.30. The quantitative estimate of drug-likeness (QED) is 0.794. The summed E-state index contributed by atoms with van der Waals surface area (Å²) in [5, 5.41) is 12.6. The number of fused-ring (bicyclic) bond motifs is 1. The van der Waals surface area contributed by atoms with E-state index in [1.165, 1.54) is 6.42 Å². The number of amides is 1. The number of nitrogens with one attached hydrogen (secondary N) is 1. The number of nitrogens with zero attached hydrogens (tertiary/aromatic N) is 4. The summed E-state index contributed by atoms with van der Waals surface area (Å²) in [4.78, 5) is 24.4. The van der Waals surface area contributed by atoms with E-state index in [0.717, 1.165) is 37.9 Å². The second kappa shape index (κ2) is 8.81. The molecule has 1 amide bonds. The van der Waals surface area contributed by atoms with Crippen LogP contribution in [0.5, 0.6) is 0 Å². The molecule has 1 N–H and O–H groups in total. The number of anilines is 1. The Morgan fingerprint density at radius 1 is 1.37 bits per heavy atom. The van der Waals surface area contributed by atoms with Crippen LogP contribution < -0.4 is 10.2 Å². The van der Waals surface area contributed by atoms with E-state index in [1.807, 2.05) is 24.3 Å². The molecule has 2 aromatic rings. The molecule has 0 unspecified atom stereocenters. The highest BCUT2D eigenvalue weighted by Gasteiger charge is 2.30. The first-order valence-electron chi connectivity index (χ1n) is 9.83. The molecule has 0 saturated carbocycles. The van der Waals surface area contributed by atoms with Crippen molar-refractivity contribution in [3.63, 3.8) is 0 Å². The molecule has 6 nitrogen and oxygen atoms in total. The fraction of sp³-hybridized carbons (Fsp3) is 0.524. The van der Waals surface area contributed by atoms with Crippen LogP contribution in [-0.4, -0.2) is 35.5 Å². The Labute approximate surface area is 160 Å². The van der Waals surface area contributed by atoms with Gasteiger partial charge in [-0.25, -0.2) is 9.97 Å². The van der Waals surface area contributed by atoms with Gasteiger partial charge in [0.05, 0.1) is 17.1 Å². The highest BCUT2D eigenvalue weighted by atomic mass is 16.1. The van der Waals surface area contributed by atoms with Crippen LogP contribution in [0.25, 0.3) is 11.0 Å². The number of hydrogen-bond donors (Lipinski definition) is 1. The second-order valence-electron chi connectivity index (χ2n) is 7.32. The average Bonchev–Trinajstić information content (AvgIpc) is 2.68. The second-order valence-corrected chi connectivity index (χ2v) is 7.32. The lowest BCUT2D eigenvalue weighted by Gasteiger charge is -2.33. The van der Waals surface area contributed by atoms with Gasteiger partial charge >= 0.3 is 0 Å². The number of piperidine rings is 1. The van der Waals surface area contributed by atoms with Crippen LogP contribution in [0.2, 0.25) is 0 Å². The number of carbonyl (C=O) groups excluding carboxylic acids is 1. The monoisotopic (exact) mass is 365 g/mol. The summed E-state index contributed by atoms with van der Waals surface area (Å²) in [7, 11) is 0. The van der Waals surface area contributed by atoms with Gasteiger partial charge in [-0.1, -0.05) is 32.4 Å². The molecule has 2 atom stereocenters. The number of benzene rings is 1. The number of hydrogen-bond acceptors (Lipinski definition) is 5. The molecule has 0 aliphatic carbocycles. The number of rotatable bonds is 6. The molecule has 142 valence electrons. The van der Waals surface area contributed by atoms with Crippen molar-refractivity contribution in [2.45, 2.75) is 45.4 Å². The minimum atomic E-state index is -0.953. The van der Waals surface area contributed by atoms with Gasteiger partial charge in [0, 0.05) is 19.6 Å². The molecule has 0 spiro atoms. The standard InChI is InChI=1S/C21H27N5O/c1-3-4-11-23-21(27)16(13-22)19-20(26-12-7-8-15(2)14-26)25-18-10-6-5-9-17(18)24-19/h5-6,9-10,15-16H,3-4,7-8,11-12,14H2,1-2H3,(H,23,27)/t15-,16-/m0/s1. The molecule has 27 heavy (non-hydrogen) atoms. The largest absolute Gasteiger partial charge is 0.355 e. The molecule has 3 rings (SSSR count). The zero-order chi connectivity index (χ0) is 19.2. The van der Waals surface area contributed by atoms with E-state index in [4.69, 9.17) is 9.97 Å². The van der Waals surface area contributed by atoms with Crippen molar-refractivity contribution in [1.29, 1.82) is 5.26 Å². The van der Waals surface area contributed by atoms with Crippen molar-refractivity contribution in [3.05, 3.63) is 30.0 Å². The molecule has 1 saturated heterocycles. The summed E-state index contributed by atoms with van der Waals surface area (Å²) < 4.78 is 0. The Bertz CT molecular complexity index is 844. The summed E-state index contributed by atoms with van der Waals surface area (Å²) >= 11 is 0. The van der Waals surface area contributed by atoms with Gasteiger partial charge < -0.3 is 10.2 Å². The number of unbranched alkanes of at least 4 members (excludes halogenated alkanes) is 1. The van der Waals surface area contributed by atoms with E-state index in [1.54, 1.807) is 0 Å². The number of nitriles is 1. The minimum Gasteiger partial charge on any atom is -0.355 e. The smallest absolute Gasteiger partial charge is 0.243 e. The van der Waals surface area contributed by atoms with Gasteiger partial charge in [-0.05, 0) is 37.3 Å². The normalized spacial score (nSPS) is 18.1. The minimum absolute atomic E-state index is 0.290. The third-order valence-electron chi connectivity index (χ3n) is 5.03. The SMILES string of the molecule is CCCCNC(=O)[C@@H](C#N)c1nc2ccccc2nc1N1CCC[C@H](C)C1. The van der Waals surface area contributed by atoms with Gasteiger partial charge in [0.2, 0.25) is 5.91 Å². The first-order valence-corrected chi connectivity index (χ1v) is 9.83. The van der Waals surface area contributed by atoms with Gasteiger partial charge in [-0.3, -0.25) is 4.79 Å². The topological polar surface area (TPSA) is 81.9 Å². The number of carbonyl (C=O) groups is 1. The molecule has 1 aromatic carbocycles. The lowest BCUT2D eigenvalue weighted by Crippen LogP contribution is -2.37. The summed E-state index contributed by atoms with van der Waals surface area (Å²) in [6.45, 7) is 6.61. The molecular formula is C21H27N5O. The number of para-hydroxylation sites is 2. The third kappa shape index (κ3) is 4.36. The van der Waals surface area contributed by atoms with Crippen molar-refractivity contribution in [3.8, 4) is 6.07 Å². The van der Waals surface area contributed by atoms with Gasteiger partial charge in [-0.15, -0.1) is 0 Å². The van der Waals surface area contributed by atoms with Crippen molar-refractivity contribution >= 4 is 22.8 Å². The molecule has 0 radical (unpaired) electrons. The Morgan fingerprint density at radius 3 is 2.78 bits per heavy atom. The maximum absolute atomic E-state index is 12.7. The van der Waals surface area contributed by atoms with Crippen LogP contribution in [0, 0.1) is 17.2 Å². The Morgan fingerprint density at radius 2 is 2.11 bits per heavy atom. The molecule has 1 fully saturated rings. The van der Waals surface area contributed by atoms with Gasteiger partial charge in [0.1, 0.15) is 5.69 Å². The Kier molecular flexibility index (Phi) is 6.23. The van der Waals surface area contributed by atoms with E-state index >= 15 is 0 Å². The molecular weight excluding hydrogens is 338 g/mol. The predicted molar refractivity (Wildman–Crippen MR) is 106 cm³/mol. The predicted octanol–water partition coefficient (Wildman–Crippen LogP) is 3.39. The average molecular weight is 365 g/mol. The zero-order valence-electron chi connectivity index (χ0n) is 16.1. The van der Waals surface area contributed by atoms with E-state index in [2.05, 4.69) is 30.1 Å². The Hall–Kier alpha value is -2.68. The summed E-state index contributed by atoms with van der Waals surface area (Å²) in [5.41, 5.74) is 1.97. The Balaban J connectivity index is 2.01. The van der Waals surface area contributed by atoms with E-state index in [-0.39, 0.29) is 5.91 Å². The lowest BCUT2D eigenvalue weighted by molar-refractivity contribution is -0.121. The van der Waals surface area contributed by atoms with E-state index in [0.29, 0.717) is 29.5 Å². The summed E-state index contributed by atoms with van der Waals surface area (Å²) in [6, 6.07) is 9.78. The molecule has 2 heterocycles. The molecule has 1 aliphatic heterocycles. The first kappa shape index (κ1) is 19.1. The molecule has 6 heteroatoms. The van der Waals surface area contributed by atoms with Crippen molar-refractivity contribution in [2.24, 2.45) is 5.92 Å². The van der Waals surface area contributed by atoms with Crippen molar-refractivity contribution < 1.29 is 4.79 Å². The van der Waals surface area contributed by atoms with Gasteiger partial charge in [0.15, 0.2) is 11.7 Å². The summed E-state index contributed by atoms with van der Waals surface area (Å²) in [6.07, 6.45) is 4.15. The maximum Gasteiger partial charge on any atom is 0.243 e. The maximum atomic E-state index is 12.7. The lowest BCUT2D eigenvalue weighted by atomic mass is 9.98. The van der Waals surface area contributed by atoms with Crippen molar-refractivity contribution in [1.82, 2.24) is 15.3 Å². The van der Waals surface area contributed by atoms with Gasteiger partial charge in [0.25, 0.3) is 0 Å². The van der Waals surface area contributed by atoms with Crippen LogP contribution in [0.4, 0.5) is 5.82 Å². The van der Waals surface area contributed by atoms with Crippen LogP contribution in [-0.2, 0) is 4.79 Å². The van der Waals surface area contributed by atoms with Crippen molar-refractivity contribution in [2.75, 3.05) is 24.5 Å². The fourth-order valence-electron chi connectivity index (χ4n) is 3.55. The first-order chi connectivity index (χ1) is 13.1. The van der Waals surface area contributed by atoms with Crippen LogP contribution >= 0.6 is 0 Å². The zero-order valence-corrected chi connectivity index (χ0v) is 16.1. The molecule has 1 aromatic heterocycles. The third-order valence-corrected chi connectivity index (χ3v) is 5.03. The van der Waals surface area contributed by atoms with Crippen LogP contribution in [0.1, 0.15) is 51.1 Å². The van der Waals surface area contributed by atoms with E-state index < -0.39 is 5.92 Å². The van der Waals surface area contributed by atoms with Crippen LogP contribution in [0.3, 0.4) is 0 Å². The summed E-state index contributed by atoms with van der Waals surface area (Å²) in [5.74, 6) is -0.00994. The number of aromatic nitrogens is 2. The highest BCUT2D eigenvalue weighted by molar-refractivity contribution is 5.88. The van der Waals surface area contributed by atoms with Crippen LogP contribution in [0.15, 0.2) is 24.3 Å². The van der Waals surface area contributed by atoms with E-state index in [9.17, 15) is 10.1 Å². The van der Waals surface area contributed by atoms with Gasteiger partial charge in [-0.2, -0.15) is 5.26 Å². The molecule has 0 bridgehead atoms. The molecule has 1 aliphatic rings.